The highest BCUT2D eigenvalue weighted by molar-refractivity contribution is 6.75. The van der Waals surface area contributed by atoms with Crippen molar-refractivity contribution >= 4 is 296 Å². The molecule has 0 heterocycles. The SMILES string of the molecule is Bc1c(B)c(-c2c(B)c(B)c3c(B)c(B)c(B)c(B)c3c2B)c(B)c(-c2c3c(B)c(B)c(B)c(B)c3c(-c3ccc4ccccc4c3)c3c(B)c(B)c(B)c(B)c23)c1B. The first-order valence-corrected chi connectivity index (χ1v) is 21.8. The van der Waals surface area contributed by atoms with Gasteiger partial charge in [-0.25, -0.2) is 0 Å². The van der Waals surface area contributed by atoms with Gasteiger partial charge in [-0.2, -0.15) is 0 Å². The largest absolute Gasteiger partial charge is 0.140 e. The van der Waals surface area contributed by atoms with Crippen molar-refractivity contribution in [1.29, 1.82) is 0 Å². The molecule has 0 atom stereocenters. The second-order valence-corrected chi connectivity index (χ2v) is 18.6. The van der Waals surface area contributed by atoms with E-state index < -0.39 is 0 Å². The fraction of sp³-hybridized carbons (Fsp3) is 0. The number of hydrogen-bond donors (Lipinski definition) is 0. The van der Waals surface area contributed by atoms with Crippen LogP contribution >= 0.6 is 0 Å². The highest BCUT2D eigenvalue weighted by atomic mass is 14.3. The Hall–Kier alpha value is -3.97. The average Bonchev–Trinajstić information content (AvgIpc) is 3.22. The molecule has 0 bridgehead atoms. The van der Waals surface area contributed by atoms with E-state index in [-0.39, 0.29) is 0 Å². The summed E-state index contributed by atoms with van der Waals surface area (Å²) in [6, 6.07) is 16.0. The maximum Gasteiger partial charge on any atom is 0.140 e. The molecule has 0 fully saturated rings. The van der Waals surface area contributed by atoms with Crippen LogP contribution in [0.5, 0.6) is 0 Å². The maximum absolute atomic E-state index is 2.45. The van der Waals surface area contributed by atoms with Crippen LogP contribution < -0.4 is 104 Å². The van der Waals surface area contributed by atoms with Crippen molar-refractivity contribution in [2.24, 2.45) is 0 Å². The third-order valence-electron chi connectivity index (χ3n) is 16.3. The summed E-state index contributed by atoms with van der Waals surface area (Å²) >= 11 is 0. The van der Waals surface area contributed by atoms with Crippen LogP contribution in [0.1, 0.15) is 0 Å². The molecule has 19 heteroatoms. The Labute approximate surface area is 369 Å². The number of hydrogen-bond acceptors (Lipinski definition) is 0. The molecule has 8 aromatic rings. The maximum atomic E-state index is 2.45. The second kappa shape index (κ2) is 14.6. The Morgan fingerprint density at radius 2 is 0.508 bits per heavy atom. The third kappa shape index (κ3) is 5.71. The van der Waals surface area contributed by atoms with E-state index in [0.717, 1.165) is 0 Å². The smallest absolute Gasteiger partial charge is 0.101 e. The van der Waals surface area contributed by atoms with Gasteiger partial charge in [0, 0.05) is 0 Å². The Bertz CT molecular complexity index is 3180. The zero-order chi connectivity index (χ0) is 43.0. The molecule has 0 nitrogen and oxygen atoms in total. The zero-order valence-electron chi connectivity index (χ0n) is 39.5. The summed E-state index contributed by atoms with van der Waals surface area (Å²) in [5.41, 5.74) is 34.9. The number of benzene rings is 8. The van der Waals surface area contributed by atoms with Gasteiger partial charge in [0.25, 0.3) is 0 Å². The molecule has 0 amide bonds. The summed E-state index contributed by atoms with van der Waals surface area (Å²) < 4.78 is 0. The first-order chi connectivity index (χ1) is 27.8. The molecule has 0 aromatic heterocycles. The summed E-state index contributed by atoms with van der Waals surface area (Å²) in [6.45, 7) is 0. The van der Waals surface area contributed by atoms with Gasteiger partial charge in [0.1, 0.15) is 149 Å². The molecule has 0 aliphatic heterocycles. The molecule has 0 unspecified atom stereocenters. The minimum atomic E-state index is 1.28. The van der Waals surface area contributed by atoms with Crippen LogP contribution in [-0.2, 0) is 0 Å². The molecule has 8 aromatic carbocycles. The van der Waals surface area contributed by atoms with E-state index in [0.29, 0.717) is 0 Å². The standard InChI is InChI=1S/C40H45B19/c41-22-17(30(49)34(53)31(50)19(22)18-23(42)20-21(29(48)28(18)47)33(52)40(59)39(58)32(20)51)12-15-13(24(43)35(54)37(56)26(15)45)11(10-6-5-8-3-1-2-4-9(8)7-10)14-16(12)27(46)38(57)36(55)25(14)44/h1-7H,41-59H2. The van der Waals surface area contributed by atoms with Crippen molar-refractivity contribution in [2.75, 3.05) is 0 Å². The van der Waals surface area contributed by atoms with Crippen LogP contribution in [0.4, 0.5) is 0 Å². The highest BCUT2D eigenvalue weighted by Gasteiger charge is 2.29. The predicted octanol–water partition coefficient (Wildman–Crippen LogP) is -21.8. The minimum absolute atomic E-state index is 1.28. The summed E-state index contributed by atoms with van der Waals surface area (Å²) in [7, 11) is 45.0. The normalized spacial score (nSPS) is 11.7. The molecule has 8 rings (SSSR count). The summed E-state index contributed by atoms with van der Waals surface area (Å²) in [5.74, 6) is 0. The van der Waals surface area contributed by atoms with Crippen molar-refractivity contribution in [3.05, 3.63) is 42.5 Å². The lowest BCUT2D eigenvalue weighted by Gasteiger charge is -2.32. The van der Waals surface area contributed by atoms with E-state index in [1.165, 1.54) is 180 Å². The van der Waals surface area contributed by atoms with Crippen molar-refractivity contribution in [2.45, 2.75) is 0 Å². The Morgan fingerprint density at radius 1 is 0.203 bits per heavy atom. The molecule has 0 N–H and O–H groups in total. The lowest BCUT2D eigenvalue weighted by Crippen LogP contribution is -2.53. The van der Waals surface area contributed by atoms with Gasteiger partial charge in [-0.3, -0.25) is 0 Å². The second-order valence-electron chi connectivity index (χ2n) is 18.6. The Kier molecular flexibility index (Phi) is 10.3. The van der Waals surface area contributed by atoms with E-state index in [1.807, 2.05) is 0 Å². The summed E-state index contributed by atoms with van der Waals surface area (Å²) in [5, 5.41) is 11.1. The first-order valence-electron chi connectivity index (χ1n) is 21.8. The molecule has 0 aliphatic rings. The van der Waals surface area contributed by atoms with Gasteiger partial charge in [0.05, 0.1) is 0 Å². The number of fused-ring (bicyclic) bond motifs is 4. The molecule has 59 heavy (non-hydrogen) atoms. The van der Waals surface area contributed by atoms with Gasteiger partial charge in [0.15, 0.2) is 0 Å². The molecule has 0 saturated heterocycles. The lowest BCUT2D eigenvalue weighted by molar-refractivity contribution is 1.73. The van der Waals surface area contributed by atoms with Crippen molar-refractivity contribution < 1.29 is 0 Å². The van der Waals surface area contributed by atoms with Crippen molar-refractivity contribution in [1.82, 2.24) is 0 Å². The van der Waals surface area contributed by atoms with Gasteiger partial charge in [0.2, 0.25) is 0 Å². The molecule has 0 spiro atoms. The van der Waals surface area contributed by atoms with Gasteiger partial charge in [-0.15, -0.1) is 38.2 Å². The van der Waals surface area contributed by atoms with Gasteiger partial charge >= 0.3 is 0 Å². The lowest BCUT2D eigenvalue weighted by atomic mass is 9.55. The molecule has 0 aliphatic carbocycles. The summed E-state index contributed by atoms with van der Waals surface area (Å²) in [4.78, 5) is 0. The fourth-order valence-corrected chi connectivity index (χ4v) is 11.5. The Balaban J connectivity index is 1.67. The van der Waals surface area contributed by atoms with Crippen LogP contribution in [0.15, 0.2) is 42.5 Å². The van der Waals surface area contributed by atoms with E-state index in [2.05, 4.69) is 192 Å². The van der Waals surface area contributed by atoms with Gasteiger partial charge < -0.3 is 0 Å². The number of rotatable bonds is 3. The third-order valence-corrected chi connectivity index (χ3v) is 16.3. The van der Waals surface area contributed by atoms with Gasteiger partial charge in [-0.1, -0.05) is 102 Å². The minimum Gasteiger partial charge on any atom is -0.101 e. The van der Waals surface area contributed by atoms with Crippen molar-refractivity contribution in [3.8, 4) is 33.4 Å². The van der Waals surface area contributed by atoms with E-state index >= 15 is 0 Å². The quantitative estimate of drug-likeness (QED) is 0.125. The average molecular weight is 731 g/mol. The molecule has 0 saturated carbocycles. The van der Waals surface area contributed by atoms with Crippen LogP contribution in [0.2, 0.25) is 0 Å². The van der Waals surface area contributed by atoms with Gasteiger partial charge in [-0.05, 0) is 82.5 Å². The highest BCUT2D eigenvalue weighted by Crippen LogP contribution is 2.40. The molecule has 0 radical (unpaired) electrons. The molecule has 262 valence electrons. The topological polar surface area (TPSA) is 0 Å². The van der Waals surface area contributed by atoms with E-state index in [9.17, 15) is 0 Å². The van der Waals surface area contributed by atoms with Crippen LogP contribution in [0.25, 0.3) is 76.5 Å². The van der Waals surface area contributed by atoms with E-state index in [1.54, 1.807) is 0 Å². The van der Waals surface area contributed by atoms with Crippen LogP contribution in [0.3, 0.4) is 0 Å². The summed E-state index contributed by atoms with van der Waals surface area (Å²) in [6.07, 6.45) is 0. The van der Waals surface area contributed by atoms with Crippen LogP contribution in [0, 0.1) is 0 Å². The molecular formula is C40H45B19. The van der Waals surface area contributed by atoms with E-state index in [4.69, 9.17) is 0 Å². The Morgan fingerprint density at radius 3 is 0.966 bits per heavy atom. The van der Waals surface area contributed by atoms with Crippen LogP contribution in [-0.4, -0.2) is 149 Å². The zero-order valence-corrected chi connectivity index (χ0v) is 39.5. The van der Waals surface area contributed by atoms with Crippen molar-refractivity contribution in [3.63, 3.8) is 0 Å². The monoisotopic (exact) mass is 735 g/mol. The first kappa shape index (κ1) is 41.8. The molecular weight excluding hydrogens is 686 g/mol. The predicted molar refractivity (Wildman–Crippen MR) is 328 cm³/mol. The fourth-order valence-electron chi connectivity index (χ4n) is 11.5.